The molecule has 0 spiro atoms. The molecule has 0 saturated heterocycles. The minimum absolute atomic E-state index is 0.00691. The van der Waals surface area contributed by atoms with Crippen LogP contribution in [-0.4, -0.2) is 57.6 Å². The first kappa shape index (κ1) is 28.7. The van der Waals surface area contributed by atoms with Crippen molar-refractivity contribution >= 4 is 50.7 Å². The molecule has 0 bridgehead atoms. The molecule has 0 aromatic heterocycles. The quantitative estimate of drug-likeness (QED) is 0.461. The van der Waals surface area contributed by atoms with Crippen LogP contribution >= 0.6 is 23.2 Å². The Bertz CT molecular complexity index is 1170. The highest BCUT2D eigenvalue weighted by atomic mass is 35.5. The lowest BCUT2D eigenvalue weighted by atomic mass is 10.1. The highest BCUT2D eigenvalue weighted by Crippen LogP contribution is 2.31. The van der Waals surface area contributed by atoms with Crippen LogP contribution in [0.2, 0.25) is 10.0 Å². The van der Waals surface area contributed by atoms with Crippen LogP contribution in [-0.2, 0) is 26.2 Å². The van der Waals surface area contributed by atoms with Gasteiger partial charge in [0, 0.05) is 23.1 Å². The minimum atomic E-state index is -3.88. The number of methoxy groups -OCH3 is 1. The number of nitrogens with one attached hydrogen (secondary N) is 1. The minimum Gasteiger partial charge on any atom is -0.495 e. The van der Waals surface area contributed by atoms with Crippen LogP contribution < -0.4 is 14.4 Å². The van der Waals surface area contributed by atoms with Crippen LogP contribution in [0.25, 0.3) is 0 Å². The van der Waals surface area contributed by atoms with Crippen molar-refractivity contribution in [2.45, 2.75) is 39.8 Å². The van der Waals surface area contributed by atoms with E-state index >= 15 is 0 Å². The normalized spacial score (nSPS) is 12.1. The van der Waals surface area contributed by atoms with E-state index < -0.39 is 28.5 Å². The maximum absolute atomic E-state index is 13.7. The van der Waals surface area contributed by atoms with Crippen LogP contribution in [0.3, 0.4) is 0 Å². The van der Waals surface area contributed by atoms with E-state index in [4.69, 9.17) is 27.9 Å². The maximum atomic E-state index is 13.7. The standard InChI is InChI=1S/C24H31Cl2N3O5S/c1-6-20(24(31)27-7-2)28(14-17-9-10-18(25)13-19(17)26)23(30)15-29(35(5,32)33)21-12-16(3)8-11-22(21)34-4/h8-13,20H,6-7,14-15H2,1-5H3,(H,27,31)/t20-/m1/s1. The molecule has 2 aromatic carbocycles. The van der Waals surface area contributed by atoms with Gasteiger partial charge in [-0.2, -0.15) is 0 Å². The molecule has 0 fully saturated rings. The van der Waals surface area contributed by atoms with Gasteiger partial charge in [0.25, 0.3) is 0 Å². The number of rotatable bonds is 11. The van der Waals surface area contributed by atoms with Crippen LogP contribution in [0.15, 0.2) is 36.4 Å². The van der Waals surface area contributed by atoms with Crippen molar-refractivity contribution in [1.82, 2.24) is 10.2 Å². The number of nitrogens with zero attached hydrogens (tertiary/aromatic N) is 2. The van der Waals surface area contributed by atoms with Crippen molar-refractivity contribution in [2.24, 2.45) is 0 Å². The summed E-state index contributed by atoms with van der Waals surface area (Å²) < 4.78 is 31.9. The fourth-order valence-electron chi connectivity index (χ4n) is 3.63. The first-order valence-corrected chi connectivity index (χ1v) is 13.7. The molecule has 35 heavy (non-hydrogen) atoms. The second-order valence-electron chi connectivity index (χ2n) is 8.02. The molecule has 8 nitrogen and oxygen atoms in total. The molecule has 2 aromatic rings. The molecule has 0 heterocycles. The molecule has 0 aliphatic rings. The predicted octanol–water partition coefficient (Wildman–Crippen LogP) is 4.02. The Morgan fingerprint density at radius 1 is 1.11 bits per heavy atom. The average Bonchev–Trinajstić information content (AvgIpc) is 2.78. The smallest absolute Gasteiger partial charge is 0.244 e. The van der Waals surface area contributed by atoms with Gasteiger partial charge in [-0.25, -0.2) is 8.42 Å². The van der Waals surface area contributed by atoms with Gasteiger partial charge in [0.1, 0.15) is 18.3 Å². The van der Waals surface area contributed by atoms with E-state index in [-0.39, 0.29) is 18.1 Å². The molecule has 0 aliphatic heterocycles. The van der Waals surface area contributed by atoms with E-state index in [1.54, 1.807) is 50.2 Å². The van der Waals surface area contributed by atoms with Crippen LogP contribution in [0.4, 0.5) is 5.69 Å². The summed E-state index contributed by atoms with van der Waals surface area (Å²) in [5.74, 6) is -0.604. The molecular formula is C24H31Cl2N3O5S. The highest BCUT2D eigenvalue weighted by molar-refractivity contribution is 7.92. The number of carbonyl (C=O) groups excluding carboxylic acids is 2. The lowest BCUT2D eigenvalue weighted by Crippen LogP contribution is -2.52. The zero-order chi connectivity index (χ0) is 26.3. The second kappa shape index (κ2) is 12.5. The molecule has 192 valence electrons. The largest absolute Gasteiger partial charge is 0.495 e. The van der Waals surface area contributed by atoms with Gasteiger partial charge in [0.05, 0.1) is 19.1 Å². The number of carbonyl (C=O) groups is 2. The third-order valence-electron chi connectivity index (χ3n) is 5.37. The number of halogens is 2. The molecule has 1 N–H and O–H groups in total. The Labute approximate surface area is 217 Å². The van der Waals surface area contributed by atoms with E-state index in [0.717, 1.165) is 16.1 Å². The zero-order valence-electron chi connectivity index (χ0n) is 20.5. The summed E-state index contributed by atoms with van der Waals surface area (Å²) in [5, 5.41) is 3.51. The number of benzene rings is 2. The summed E-state index contributed by atoms with van der Waals surface area (Å²) in [6, 6.07) is 9.08. The van der Waals surface area contributed by atoms with Crippen LogP contribution in [0.1, 0.15) is 31.4 Å². The number of hydrogen-bond donors (Lipinski definition) is 1. The van der Waals surface area contributed by atoms with Gasteiger partial charge in [0.15, 0.2) is 0 Å². The van der Waals surface area contributed by atoms with Gasteiger partial charge >= 0.3 is 0 Å². The molecule has 0 aliphatic carbocycles. The third-order valence-corrected chi connectivity index (χ3v) is 7.09. The van der Waals surface area contributed by atoms with E-state index in [9.17, 15) is 18.0 Å². The van der Waals surface area contributed by atoms with Gasteiger partial charge in [0.2, 0.25) is 21.8 Å². The summed E-state index contributed by atoms with van der Waals surface area (Å²) in [6.07, 6.45) is 1.33. The number of anilines is 1. The topological polar surface area (TPSA) is 96.0 Å². The molecule has 1 atom stereocenters. The zero-order valence-corrected chi connectivity index (χ0v) is 22.8. The van der Waals surface area contributed by atoms with Crippen molar-refractivity contribution < 1.29 is 22.7 Å². The average molecular weight is 545 g/mol. The second-order valence-corrected chi connectivity index (χ2v) is 10.8. The monoisotopic (exact) mass is 543 g/mol. The maximum Gasteiger partial charge on any atom is 0.244 e. The van der Waals surface area contributed by atoms with Crippen molar-refractivity contribution in [3.8, 4) is 5.75 Å². The summed E-state index contributed by atoms with van der Waals surface area (Å²) in [6.45, 7) is 5.22. The molecule has 0 saturated carbocycles. The SMILES string of the molecule is CCNC(=O)[C@@H](CC)N(Cc1ccc(Cl)cc1Cl)C(=O)CN(c1cc(C)ccc1OC)S(C)(=O)=O. The Morgan fingerprint density at radius 2 is 1.80 bits per heavy atom. The lowest BCUT2D eigenvalue weighted by molar-refractivity contribution is -0.140. The molecule has 0 radical (unpaired) electrons. The molecular weight excluding hydrogens is 513 g/mol. The van der Waals surface area contributed by atoms with Crippen LogP contribution in [0.5, 0.6) is 5.75 Å². The highest BCUT2D eigenvalue weighted by Gasteiger charge is 2.32. The first-order chi connectivity index (χ1) is 16.4. The summed E-state index contributed by atoms with van der Waals surface area (Å²) in [5.41, 5.74) is 1.60. The number of hydrogen-bond acceptors (Lipinski definition) is 5. The van der Waals surface area contributed by atoms with Crippen molar-refractivity contribution in [3.05, 3.63) is 57.6 Å². The van der Waals surface area contributed by atoms with Gasteiger partial charge in [-0.1, -0.05) is 42.3 Å². The Balaban J connectivity index is 2.54. The fourth-order valence-corrected chi connectivity index (χ4v) is 4.95. The van der Waals surface area contributed by atoms with E-state index in [2.05, 4.69) is 5.32 Å². The Kier molecular flexibility index (Phi) is 10.2. The number of ether oxygens (including phenoxy) is 1. The summed E-state index contributed by atoms with van der Waals surface area (Å²) in [7, 11) is -2.46. The third kappa shape index (κ3) is 7.49. The fraction of sp³-hybridized carbons (Fsp3) is 0.417. The summed E-state index contributed by atoms with van der Waals surface area (Å²) in [4.78, 5) is 27.9. The van der Waals surface area contributed by atoms with E-state index in [0.29, 0.717) is 34.3 Å². The van der Waals surface area contributed by atoms with Gasteiger partial charge in [-0.05, 0) is 55.7 Å². The van der Waals surface area contributed by atoms with Crippen LogP contribution in [0, 0.1) is 6.92 Å². The number of amides is 2. The predicted molar refractivity (Wildman–Crippen MR) is 140 cm³/mol. The van der Waals surface area contributed by atoms with Crippen molar-refractivity contribution in [1.29, 1.82) is 0 Å². The molecule has 2 amide bonds. The lowest BCUT2D eigenvalue weighted by Gasteiger charge is -2.33. The molecule has 2 rings (SSSR count). The van der Waals surface area contributed by atoms with E-state index in [1.807, 2.05) is 6.92 Å². The number of aryl methyl sites for hydroxylation is 1. The Morgan fingerprint density at radius 3 is 2.34 bits per heavy atom. The number of sulfonamides is 1. The van der Waals surface area contributed by atoms with Gasteiger partial charge < -0.3 is 15.0 Å². The first-order valence-electron chi connectivity index (χ1n) is 11.1. The van der Waals surface area contributed by atoms with Crippen molar-refractivity contribution in [3.63, 3.8) is 0 Å². The van der Waals surface area contributed by atoms with E-state index in [1.165, 1.54) is 12.0 Å². The van der Waals surface area contributed by atoms with Crippen molar-refractivity contribution in [2.75, 3.05) is 30.8 Å². The van der Waals surface area contributed by atoms with Gasteiger partial charge in [-0.15, -0.1) is 0 Å². The van der Waals surface area contributed by atoms with Gasteiger partial charge in [-0.3, -0.25) is 13.9 Å². The Hall–Kier alpha value is -2.49. The summed E-state index contributed by atoms with van der Waals surface area (Å²) >= 11 is 12.4. The molecule has 11 heteroatoms. The number of likely N-dealkylation sites (N-methyl/N-ethyl adjacent to an activating group) is 1. The molecule has 0 unspecified atom stereocenters.